The van der Waals surface area contributed by atoms with Gasteiger partial charge in [-0.25, -0.2) is 19.4 Å². The summed E-state index contributed by atoms with van der Waals surface area (Å²) in [5.41, 5.74) is 5.77. The van der Waals surface area contributed by atoms with Crippen molar-refractivity contribution in [2.24, 2.45) is 5.16 Å². The minimum atomic E-state index is -5.08. The second-order valence-electron chi connectivity index (χ2n) is 9.60. The first-order chi connectivity index (χ1) is 22.6. The van der Waals surface area contributed by atoms with E-state index in [9.17, 15) is 47.5 Å². The number of carboxylic acid groups (broad SMARTS) is 2. The van der Waals surface area contributed by atoms with Crippen LogP contribution in [-0.4, -0.2) is 103 Å². The number of thioether (sulfide) groups is 1. The van der Waals surface area contributed by atoms with Crippen molar-refractivity contribution in [3.63, 3.8) is 0 Å². The number of halogens is 3. The van der Waals surface area contributed by atoms with Crippen LogP contribution in [0.1, 0.15) is 29.4 Å². The highest BCUT2D eigenvalue weighted by Gasteiger charge is 2.54. The molecule has 2 aromatic rings. The number of hydrogen-bond acceptors (Lipinski definition) is 14. The van der Waals surface area contributed by atoms with E-state index in [0.717, 1.165) is 16.2 Å². The maximum Gasteiger partial charge on any atom is 0.490 e. The molecule has 0 aromatic carbocycles. The highest BCUT2D eigenvalue weighted by molar-refractivity contribution is 8.00. The molecule has 48 heavy (non-hydrogen) atoms. The Labute approximate surface area is 279 Å². The van der Waals surface area contributed by atoms with Crippen molar-refractivity contribution in [3.8, 4) is 0 Å². The number of esters is 1. The van der Waals surface area contributed by atoms with E-state index >= 15 is 0 Å². The number of carboxylic acids is 2. The van der Waals surface area contributed by atoms with Crippen LogP contribution in [0.25, 0.3) is 0 Å². The molecular formula is C26H23F3N6O10S3. The van der Waals surface area contributed by atoms with Gasteiger partial charge in [0.05, 0.1) is 12.2 Å². The first kappa shape index (κ1) is 35.9. The third kappa shape index (κ3) is 7.28. The van der Waals surface area contributed by atoms with Crippen molar-refractivity contribution in [3.05, 3.63) is 51.0 Å². The number of rotatable bonds is 8. The molecule has 22 heteroatoms. The molecule has 0 bridgehead atoms. The minimum Gasteiger partial charge on any atom is -0.477 e. The summed E-state index contributed by atoms with van der Waals surface area (Å²) >= 11 is 3.47. The molecule has 0 radical (unpaired) electrons. The average Bonchev–Trinajstić information content (AvgIpc) is 3.76. The summed E-state index contributed by atoms with van der Waals surface area (Å²) in [4.78, 5) is 78.9. The number of nitrogens with zero attached hydrogens (tertiary/aromatic N) is 4. The van der Waals surface area contributed by atoms with Crippen LogP contribution in [0.15, 0.2) is 44.9 Å². The van der Waals surface area contributed by atoms with Gasteiger partial charge < -0.3 is 31.2 Å². The van der Waals surface area contributed by atoms with E-state index in [1.807, 2.05) is 0 Å². The van der Waals surface area contributed by atoms with Gasteiger partial charge in [-0.2, -0.15) is 13.2 Å². The number of nitrogen functional groups attached to an aromatic ring is 1. The van der Waals surface area contributed by atoms with Gasteiger partial charge in [-0.05, 0) is 36.4 Å². The molecule has 0 aliphatic carbocycles. The van der Waals surface area contributed by atoms with Crippen molar-refractivity contribution >= 4 is 85.9 Å². The van der Waals surface area contributed by atoms with Crippen molar-refractivity contribution in [2.45, 2.75) is 30.9 Å². The molecule has 0 spiro atoms. The normalized spacial score (nSPS) is 20.2. The molecule has 0 saturated carbocycles. The van der Waals surface area contributed by atoms with Crippen LogP contribution in [-0.2, 0) is 28.7 Å². The van der Waals surface area contributed by atoms with Gasteiger partial charge in [0, 0.05) is 23.3 Å². The molecule has 5 heterocycles. The van der Waals surface area contributed by atoms with Crippen molar-refractivity contribution in [1.29, 1.82) is 0 Å². The fraction of sp³-hybridized carbons (Fsp3) is 0.308. The highest BCUT2D eigenvalue weighted by atomic mass is 32.2. The first-order valence-electron chi connectivity index (χ1n) is 13.3. The number of amides is 3. The Bertz CT molecular complexity index is 1770. The molecular weight excluding hydrogens is 710 g/mol. The van der Waals surface area contributed by atoms with Gasteiger partial charge in [-0.1, -0.05) is 5.16 Å². The Morgan fingerprint density at radius 3 is 2.48 bits per heavy atom. The summed E-state index contributed by atoms with van der Waals surface area (Å²) in [6.07, 6.45) is -3.30. The minimum absolute atomic E-state index is 0.0275. The number of ether oxygens (including phenoxy) is 1. The number of allylic oxidation sites excluding steroid dienone is 1. The SMILES string of the molecule is CCOC(=O)c1ccsc1N1CCC(=CC2=C(C(=O)O)N3C(=O)[C@@H](NC(=O)C(=NO)c4csc(N)n4)[C@H]3SC2)C1=O.O=C(O)C(F)(F)F. The molecule has 16 nitrogen and oxygen atoms in total. The monoisotopic (exact) mass is 732 g/mol. The van der Waals surface area contributed by atoms with Crippen LogP contribution >= 0.6 is 34.4 Å². The quantitative estimate of drug-likeness (QED) is 0.0651. The fourth-order valence-corrected chi connectivity index (χ4v) is 7.37. The van der Waals surface area contributed by atoms with Crippen LogP contribution in [0.5, 0.6) is 0 Å². The standard InChI is InChI=1S/C24H22N6O8S3.C2HF3O2/c1-2-38-23(36)12-4-6-39-20(12)29-5-3-10(18(29)32)7-11-8-40-21-15(19(33)30(21)16(11)22(34)35)27-17(31)14(28-37)13-9-41-24(25)26-13;3-2(4,5)1(6)7/h4,6-7,9,15,21,37H,2-3,5,8H2,1H3,(H2,25,26)(H,27,31)(H,34,35);(H,6,7)/t15-,21-;/m1./s1. The third-order valence-corrected chi connectivity index (χ3v) is 9.58. The number of aromatic nitrogens is 1. The number of thiazole rings is 1. The number of hydrogen-bond donors (Lipinski definition) is 5. The second kappa shape index (κ2) is 14.4. The van der Waals surface area contributed by atoms with Gasteiger partial charge in [-0.15, -0.1) is 34.4 Å². The van der Waals surface area contributed by atoms with Crippen LogP contribution < -0.4 is 16.0 Å². The van der Waals surface area contributed by atoms with Crippen molar-refractivity contribution in [1.82, 2.24) is 15.2 Å². The molecule has 5 rings (SSSR count). The summed E-state index contributed by atoms with van der Waals surface area (Å²) in [6.45, 7) is 2.17. The Kier molecular flexibility index (Phi) is 10.8. The van der Waals surface area contributed by atoms with E-state index in [0.29, 0.717) is 23.5 Å². The molecule has 2 saturated heterocycles. The molecule has 0 unspecified atom stereocenters. The summed E-state index contributed by atoms with van der Waals surface area (Å²) in [5.74, 6) is -6.43. The van der Waals surface area contributed by atoms with E-state index < -0.39 is 53.0 Å². The lowest BCUT2D eigenvalue weighted by Gasteiger charge is -2.49. The fourth-order valence-electron chi connectivity index (χ4n) is 4.60. The van der Waals surface area contributed by atoms with E-state index in [-0.39, 0.29) is 45.9 Å². The zero-order valence-corrected chi connectivity index (χ0v) is 26.7. The van der Waals surface area contributed by atoms with Gasteiger partial charge in [0.25, 0.3) is 17.7 Å². The van der Waals surface area contributed by atoms with Crippen LogP contribution in [0.2, 0.25) is 0 Å². The molecule has 2 atom stereocenters. The maximum absolute atomic E-state index is 13.3. The summed E-state index contributed by atoms with van der Waals surface area (Å²) in [5, 5.41) is 34.9. The lowest BCUT2D eigenvalue weighted by atomic mass is 10.0. The number of carbonyl (C=O) groups excluding carboxylic acids is 4. The molecule has 3 amide bonds. The first-order valence-corrected chi connectivity index (χ1v) is 16.1. The molecule has 3 aliphatic rings. The maximum atomic E-state index is 13.3. The number of nitrogens with one attached hydrogen (secondary N) is 1. The predicted octanol–water partition coefficient (Wildman–Crippen LogP) is 1.88. The number of alkyl halides is 3. The smallest absolute Gasteiger partial charge is 0.477 e. The molecule has 2 aromatic heterocycles. The van der Waals surface area contributed by atoms with Gasteiger partial charge in [-0.3, -0.25) is 24.2 Å². The number of carbonyl (C=O) groups is 6. The zero-order chi connectivity index (χ0) is 35.5. The van der Waals surface area contributed by atoms with Crippen molar-refractivity contribution in [2.75, 3.05) is 29.5 Å². The second-order valence-corrected chi connectivity index (χ2v) is 12.5. The third-order valence-electron chi connectivity index (χ3n) is 6.67. The average molecular weight is 733 g/mol. The van der Waals surface area contributed by atoms with Gasteiger partial charge in [0.15, 0.2) is 10.8 Å². The topological polar surface area (TPSA) is 242 Å². The molecule has 3 aliphatic heterocycles. The number of β-lactam (4-membered cyclic amide) rings is 1. The van der Waals surface area contributed by atoms with Crippen LogP contribution in [0, 0.1) is 0 Å². The predicted molar refractivity (Wildman–Crippen MR) is 164 cm³/mol. The molecule has 6 N–H and O–H groups in total. The largest absolute Gasteiger partial charge is 0.490 e. The summed E-state index contributed by atoms with van der Waals surface area (Å²) < 4.78 is 36.8. The Balaban J connectivity index is 0.000000671. The molecule has 2 fully saturated rings. The van der Waals surface area contributed by atoms with Crippen LogP contribution in [0.3, 0.4) is 0 Å². The zero-order valence-electron chi connectivity index (χ0n) is 24.2. The molecule has 256 valence electrons. The lowest BCUT2D eigenvalue weighted by molar-refractivity contribution is -0.192. The number of nitrogens with two attached hydrogens (primary N) is 1. The van der Waals surface area contributed by atoms with Crippen molar-refractivity contribution < 1.29 is 62.1 Å². The van der Waals surface area contributed by atoms with E-state index in [2.05, 4.69) is 15.5 Å². The van der Waals surface area contributed by atoms with Gasteiger partial charge in [0.2, 0.25) is 0 Å². The number of fused-ring (bicyclic) bond motifs is 1. The lowest BCUT2D eigenvalue weighted by Crippen LogP contribution is -2.71. The number of thiophene rings is 1. The highest BCUT2D eigenvalue weighted by Crippen LogP contribution is 2.42. The summed E-state index contributed by atoms with van der Waals surface area (Å²) in [7, 11) is 0. The van der Waals surface area contributed by atoms with E-state index in [1.54, 1.807) is 18.4 Å². The number of anilines is 2. The van der Waals surface area contributed by atoms with Gasteiger partial charge in [0.1, 0.15) is 27.8 Å². The Morgan fingerprint density at radius 2 is 1.92 bits per heavy atom. The number of aliphatic carboxylic acids is 2. The number of oxime groups is 1. The van der Waals surface area contributed by atoms with Gasteiger partial charge >= 0.3 is 24.1 Å². The summed E-state index contributed by atoms with van der Waals surface area (Å²) in [6, 6.07) is 0.509. The van der Waals surface area contributed by atoms with E-state index in [1.165, 1.54) is 39.5 Å². The van der Waals surface area contributed by atoms with E-state index in [4.69, 9.17) is 20.4 Å². The Morgan fingerprint density at radius 1 is 1.23 bits per heavy atom. The van der Waals surface area contributed by atoms with Crippen LogP contribution in [0.4, 0.5) is 23.3 Å². The Hall–Kier alpha value is -4.96.